The highest BCUT2D eigenvalue weighted by molar-refractivity contribution is 6.33. The topological polar surface area (TPSA) is 36.4 Å². The number of pyridine rings is 1. The van der Waals surface area contributed by atoms with Crippen molar-refractivity contribution in [3.05, 3.63) is 22.8 Å². The van der Waals surface area contributed by atoms with Gasteiger partial charge in [-0.25, -0.2) is 4.98 Å². The first-order chi connectivity index (χ1) is 9.29. The second-order valence-electron chi connectivity index (χ2n) is 5.17. The molecule has 0 amide bonds. The summed E-state index contributed by atoms with van der Waals surface area (Å²) >= 11 is 5.89. The Bertz CT molecular complexity index is 481. The van der Waals surface area contributed by atoms with Gasteiger partial charge in [-0.05, 0) is 18.9 Å². The maximum atomic E-state index is 12.5. The highest BCUT2D eigenvalue weighted by Gasteiger charge is 2.32. The molecule has 0 radical (unpaired) electrons. The predicted octanol–water partition coefficient (Wildman–Crippen LogP) is 3.35. The zero-order valence-corrected chi connectivity index (χ0v) is 11.7. The van der Waals surface area contributed by atoms with E-state index in [0.717, 1.165) is 31.5 Å². The molecule has 1 aliphatic rings. The molecule has 2 rings (SSSR count). The van der Waals surface area contributed by atoms with Crippen LogP contribution >= 0.6 is 11.6 Å². The number of aromatic nitrogens is 1. The van der Waals surface area contributed by atoms with E-state index < -0.39 is 11.7 Å². The zero-order valence-electron chi connectivity index (χ0n) is 11.0. The Kier molecular flexibility index (Phi) is 4.44. The normalized spacial score (nSPS) is 23.1. The van der Waals surface area contributed by atoms with Crippen LogP contribution in [0.5, 0.6) is 0 Å². The van der Waals surface area contributed by atoms with E-state index in [9.17, 15) is 18.3 Å². The van der Waals surface area contributed by atoms with Crippen LogP contribution in [0.2, 0.25) is 5.02 Å². The fraction of sp³-hybridized carbons (Fsp3) is 0.615. The maximum Gasteiger partial charge on any atom is 0.417 e. The lowest BCUT2D eigenvalue weighted by Gasteiger charge is -2.25. The van der Waals surface area contributed by atoms with Crippen LogP contribution in [0, 0.1) is 5.92 Å². The SMILES string of the molecule is CN(C[C@H]1CCC[C@H]1O)c1ncc(C(F)(F)F)cc1Cl. The van der Waals surface area contributed by atoms with Crippen molar-refractivity contribution >= 4 is 17.4 Å². The van der Waals surface area contributed by atoms with Crippen LogP contribution in [0.3, 0.4) is 0 Å². The lowest BCUT2D eigenvalue weighted by atomic mass is 10.1. The van der Waals surface area contributed by atoms with Gasteiger partial charge in [-0.1, -0.05) is 18.0 Å². The number of rotatable bonds is 3. The summed E-state index contributed by atoms with van der Waals surface area (Å²) in [5.41, 5.74) is -0.861. The standard InChI is InChI=1S/C13H16ClF3N2O/c1-19(7-8-3-2-4-11(8)20)12-10(14)5-9(6-18-12)13(15,16)17/h5-6,8,11,20H,2-4,7H2,1H3/t8-,11-/m1/s1. The summed E-state index contributed by atoms with van der Waals surface area (Å²) in [6.45, 7) is 0.527. The van der Waals surface area contributed by atoms with Crippen molar-refractivity contribution in [1.29, 1.82) is 0 Å². The number of anilines is 1. The molecular weight excluding hydrogens is 293 g/mol. The van der Waals surface area contributed by atoms with Crippen LogP contribution in [0.4, 0.5) is 19.0 Å². The van der Waals surface area contributed by atoms with Crippen molar-refractivity contribution in [3.63, 3.8) is 0 Å². The van der Waals surface area contributed by atoms with E-state index >= 15 is 0 Å². The Morgan fingerprint density at radius 1 is 1.45 bits per heavy atom. The highest BCUT2D eigenvalue weighted by Crippen LogP contribution is 2.34. The van der Waals surface area contributed by atoms with E-state index in [1.165, 1.54) is 0 Å². The fourth-order valence-corrected chi connectivity index (χ4v) is 2.85. The minimum atomic E-state index is -4.45. The summed E-state index contributed by atoms with van der Waals surface area (Å²) in [5, 5.41) is 9.74. The predicted molar refractivity (Wildman–Crippen MR) is 70.9 cm³/mol. The summed E-state index contributed by atoms with van der Waals surface area (Å²) in [6.07, 6.45) is -1.38. The second kappa shape index (κ2) is 5.77. The quantitative estimate of drug-likeness (QED) is 0.930. The van der Waals surface area contributed by atoms with E-state index in [1.54, 1.807) is 11.9 Å². The van der Waals surface area contributed by atoms with Gasteiger partial charge in [0.15, 0.2) is 0 Å². The molecule has 7 heteroatoms. The Labute approximate surface area is 120 Å². The van der Waals surface area contributed by atoms with Gasteiger partial charge < -0.3 is 10.0 Å². The fourth-order valence-electron chi connectivity index (χ4n) is 2.54. The van der Waals surface area contributed by atoms with E-state index in [1.807, 2.05) is 0 Å². The number of alkyl halides is 3. The number of hydrogen-bond acceptors (Lipinski definition) is 3. The van der Waals surface area contributed by atoms with Gasteiger partial charge in [0, 0.05) is 25.7 Å². The first kappa shape index (κ1) is 15.4. The van der Waals surface area contributed by atoms with Crippen LogP contribution in [-0.2, 0) is 6.18 Å². The van der Waals surface area contributed by atoms with Crippen LogP contribution in [-0.4, -0.2) is 29.8 Å². The first-order valence-corrected chi connectivity index (χ1v) is 6.79. The summed E-state index contributed by atoms with van der Waals surface area (Å²) in [6, 6.07) is 0.880. The average Bonchev–Trinajstić information content (AvgIpc) is 2.73. The number of halogens is 4. The lowest BCUT2D eigenvalue weighted by molar-refractivity contribution is -0.137. The molecule has 0 unspecified atom stereocenters. The zero-order chi connectivity index (χ0) is 14.9. The molecule has 2 atom stereocenters. The van der Waals surface area contributed by atoms with Crippen molar-refractivity contribution in [2.24, 2.45) is 5.92 Å². The molecule has 0 spiro atoms. The molecule has 0 aromatic carbocycles. The molecule has 3 nitrogen and oxygen atoms in total. The van der Waals surface area contributed by atoms with Gasteiger partial charge in [-0.3, -0.25) is 0 Å². The molecule has 0 saturated heterocycles. The van der Waals surface area contributed by atoms with E-state index in [0.29, 0.717) is 12.4 Å². The molecule has 1 aromatic heterocycles. The minimum Gasteiger partial charge on any atom is -0.393 e. The summed E-state index contributed by atoms with van der Waals surface area (Å²) in [7, 11) is 1.71. The minimum absolute atomic E-state index is 0.0326. The van der Waals surface area contributed by atoms with E-state index in [2.05, 4.69) is 4.98 Å². The molecule has 1 aromatic rings. The number of hydrogen-bond donors (Lipinski definition) is 1. The molecule has 20 heavy (non-hydrogen) atoms. The van der Waals surface area contributed by atoms with Crippen LogP contribution in [0.25, 0.3) is 0 Å². The molecule has 1 heterocycles. The Balaban J connectivity index is 2.12. The maximum absolute atomic E-state index is 12.5. The van der Waals surface area contributed by atoms with Crippen LogP contribution in [0.1, 0.15) is 24.8 Å². The number of aliphatic hydroxyl groups is 1. The Morgan fingerprint density at radius 2 is 2.15 bits per heavy atom. The molecule has 1 N–H and O–H groups in total. The molecule has 0 aliphatic heterocycles. The third-order valence-electron chi connectivity index (χ3n) is 3.64. The molecule has 1 fully saturated rings. The van der Waals surface area contributed by atoms with Gasteiger partial charge in [-0.15, -0.1) is 0 Å². The van der Waals surface area contributed by atoms with Crippen molar-refractivity contribution in [1.82, 2.24) is 4.98 Å². The molecule has 1 aliphatic carbocycles. The van der Waals surface area contributed by atoms with Crippen molar-refractivity contribution < 1.29 is 18.3 Å². The van der Waals surface area contributed by atoms with Crippen molar-refractivity contribution in [2.45, 2.75) is 31.5 Å². The monoisotopic (exact) mass is 308 g/mol. The number of aliphatic hydroxyl groups excluding tert-OH is 1. The van der Waals surface area contributed by atoms with Gasteiger partial charge in [0.1, 0.15) is 5.82 Å². The molecule has 1 saturated carbocycles. The van der Waals surface area contributed by atoms with E-state index in [4.69, 9.17) is 11.6 Å². The van der Waals surface area contributed by atoms with Crippen molar-refractivity contribution in [3.8, 4) is 0 Å². The highest BCUT2D eigenvalue weighted by atomic mass is 35.5. The van der Waals surface area contributed by atoms with Crippen molar-refractivity contribution in [2.75, 3.05) is 18.5 Å². The van der Waals surface area contributed by atoms with Gasteiger partial charge in [0.25, 0.3) is 0 Å². The Hall–Kier alpha value is -1.01. The largest absolute Gasteiger partial charge is 0.417 e. The van der Waals surface area contributed by atoms with Gasteiger partial charge in [-0.2, -0.15) is 13.2 Å². The third kappa shape index (κ3) is 3.35. The van der Waals surface area contributed by atoms with Gasteiger partial charge in [0.05, 0.1) is 16.7 Å². The smallest absolute Gasteiger partial charge is 0.393 e. The summed E-state index contributed by atoms with van der Waals surface area (Å²) < 4.78 is 37.6. The van der Waals surface area contributed by atoms with E-state index in [-0.39, 0.29) is 17.0 Å². The summed E-state index contributed by atoms with van der Waals surface area (Å²) in [4.78, 5) is 5.50. The summed E-state index contributed by atoms with van der Waals surface area (Å²) in [5.74, 6) is 0.416. The first-order valence-electron chi connectivity index (χ1n) is 6.41. The Morgan fingerprint density at radius 3 is 2.65 bits per heavy atom. The van der Waals surface area contributed by atoms with Gasteiger partial charge >= 0.3 is 6.18 Å². The van der Waals surface area contributed by atoms with Crippen LogP contribution in [0.15, 0.2) is 12.3 Å². The third-order valence-corrected chi connectivity index (χ3v) is 3.92. The second-order valence-corrected chi connectivity index (χ2v) is 5.57. The lowest BCUT2D eigenvalue weighted by Crippen LogP contribution is -2.30. The molecule has 112 valence electrons. The number of nitrogens with zero attached hydrogens (tertiary/aromatic N) is 2. The van der Waals surface area contributed by atoms with Crippen LogP contribution < -0.4 is 4.90 Å². The van der Waals surface area contributed by atoms with Gasteiger partial charge in [0.2, 0.25) is 0 Å². The average molecular weight is 309 g/mol. The molecular formula is C13H16ClF3N2O. The molecule has 0 bridgehead atoms.